The van der Waals surface area contributed by atoms with E-state index in [9.17, 15) is 15.0 Å². The van der Waals surface area contributed by atoms with Crippen molar-refractivity contribution in [1.82, 2.24) is 9.38 Å². The molecule has 2 aliphatic rings. The lowest BCUT2D eigenvalue weighted by Crippen LogP contribution is -2.45. The number of imidazole rings is 1. The van der Waals surface area contributed by atoms with Crippen LogP contribution in [-0.2, 0) is 0 Å². The van der Waals surface area contributed by atoms with E-state index in [2.05, 4.69) is 9.88 Å². The lowest BCUT2D eigenvalue weighted by atomic mass is 10.00. The van der Waals surface area contributed by atoms with E-state index in [4.69, 9.17) is 0 Å². The number of anilines is 1. The number of hydrogen-bond acceptors (Lipinski definition) is 4. The molecule has 4 rings (SSSR count). The predicted molar refractivity (Wildman–Crippen MR) is 76.7 cm³/mol. The summed E-state index contributed by atoms with van der Waals surface area (Å²) in [5.74, 6) is -0.415. The topological polar surface area (TPSA) is 78.1 Å². The fourth-order valence-corrected chi connectivity index (χ4v) is 3.86. The van der Waals surface area contributed by atoms with Gasteiger partial charge < -0.3 is 15.1 Å². The number of nitrogens with zero attached hydrogens (tertiary/aromatic N) is 3. The summed E-state index contributed by atoms with van der Waals surface area (Å²) in [6.45, 7) is 0. The molecule has 6 heteroatoms. The Kier molecular flexibility index (Phi) is 2.68. The fourth-order valence-electron chi connectivity index (χ4n) is 3.86. The lowest BCUT2D eigenvalue weighted by Gasteiger charge is -2.37. The minimum absolute atomic E-state index is 0.196. The van der Waals surface area contributed by atoms with E-state index in [0.29, 0.717) is 24.3 Å². The second-order valence-electron chi connectivity index (χ2n) is 5.94. The fraction of sp³-hybridized carbons (Fsp3) is 0.467. The maximum absolute atomic E-state index is 11.7. The van der Waals surface area contributed by atoms with Crippen molar-refractivity contribution in [1.29, 1.82) is 0 Å². The van der Waals surface area contributed by atoms with Crippen molar-refractivity contribution in [2.45, 2.75) is 43.9 Å². The van der Waals surface area contributed by atoms with Gasteiger partial charge in [-0.05, 0) is 37.8 Å². The lowest BCUT2D eigenvalue weighted by molar-refractivity contribution is 0.0689. The summed E-state index contributed by atoms with van der Waals surface area (Å²) in [6.07, 6.45) is 4.84. The van der Waals surface area contributed by atoms with Crippen molar-refractivity contribution in [3.05, 3.63) is 30.1 Å². The van der Waals surface area contributed by atoms with E-state index in [1.807, 2.05) is 12.1 Å². The molecule has 6 nitrogen and oxygen atoms in total. The van der Waals surface area contributed by atoms with Crippen LogP contribution >= 0.6 is 0 Å². The second-order valence-corrected chi connectivity index (χ2v) is 5.94. The first-order chi connectivity index (χ1) is 10.1. The smallest absolute Gasteiger partial charge is 0.356 e. The highest BCUT2D eigenvalue weighted by atomic mass is 16.4. The van der Waals surface area contributed by atoms with E-state index >= 15 is 0 Å². The molecule has 0 aliphatic carbocycles. The first kappa shape index (κ1) is 12.6. The molecule has 4 heterocycles. The maximum atomic E-state index is 11.7. The molecule has 2 aromatic heterocycles. The summed E-state index contributed by atoms with van der Waals surface area (Å²) < 4.78 is 1.63. The molecular weight excluding hydrogens is 270 g/mol. The summed E-state index contributed by atoms with van der Waals surface area (Å²) in [4.78, 5) is 18.4. The van der Waals surface area contributed by atoms with Gasteiger partial charge in [0, 0.05) is 18.3 Å². The van der Waals surface area contributed by atoms with Crippen molar-refractivity contribution in [3.8, 4) is 0 Å². The zero-order chi connectivity index (χ0) is 14.6. The Labute approximate surface area is 121 Å². The van der Waals surface area contributed by atoms with Gasteiger partial charge in [0.15, 0.2) is 11.5 Å². The molecular formula is C15H17N3O3. The van der Waals surface area contributed by atoms with Crippen LogP contribution < -0.4 is 4.90 Å². The number of rotatable bonds is 2. The molecule has 2 unspecified atom stereocenters. The van der Waals surface area contributed by atoms with E-state index in [1.165, 1.54) is 0 Å². The Morgan fingerprint density at radius 3 is 2.62 bits per heavy atom. The zero-order valence-electron chi connectivity index (χ0n) is 11.5. The van der Waals surface area contributed by atoms with Crippen LogP contribution in [0.15, 0.2) is 24.4 Å². The van der Waals surface area contributed by atoms with Crippen molar-refractivity contribution in [2.75, 3.05) is 4.90 Å². The number of carboxylic acids is 1. The average molecular weight is 287 g/mol. The highest BCUT2D eigenvalue weighted by Crippen LogP contribution is 2.40. The van der Waals surface area contributed by atoms with Crippen molar-refractivity contribution < 1.29 is 15.0 Å². The van der Waals surface area contributed by atoms with E-state index in [1.54, 1.807) is 16.7 Å². The van der Waals surface area contributed by atoms with E-state index < -0.39 is 5.97 Å². The highest BCUT2D eigenvalue weighted by Gasteiger charge is 2.43. The SMILES string of the molecule is O=C(O)c1c(N2C3CCC2CC(O)C3)nc2ccccn12. The van der Waals surface area contributed by atoms with Gasteiger partial charge in [0.05, 0.1) is 6.10 Å². The third-order valence-electron chi connectivity index (χ3n) is 4.67. The summed E-state index contributed by atoms with van der Waals surface area (Å²) in [5, 5.41) is 19.5. The number of pyridine rings is 1. The largest absolute Gasteiger partial charge is 0.476 e. The number of fused-ring (bicyclic) bond motifs is 3. The first-order valence-corrected chi connectivity index (χ1v) is 7.32. The zero-order valence-corrected chi connectivity index (χ0v) is 11.5. The van der Waals surface area contributed by atoms with Crippen LogP contribution in [0.5, 0.6) is 0 Å². The van der Waals surface area contributed by atoms with Crippen LogP contribution in [0.3, 0.4) is 0 Å². The quantitative estimate of drug-likeness (QED) is 0.875. The number of aromatic nitrogens is 2. The summed E-state index contributed by atoms with van der Waals surface area (Å²) in [6, 6.07) is 5.87. The summed E-state index contributed by atoms with van der Waals surface area (Å²) >= 11 is 0. The number of aliphatic hydroxyl groups excluding tert-OH is 1. The Balaban J connectivity index is 1.87. The van der Waals surface area contributed by atoms with Gasteiger partial charge in [-0.1, -0.05) is 6.07 Å². The molecule has 0 aromatic carbocycles. The number of hydrogen-bond donors (Lipinski definition) is 2. The predicted octanol–water partition coefficient (Wildman–Crippen LogP) is 1.52. The molecule has 0 radical (unpaired) electrons. The molecule has 0 spiro atoms. The molecule has 21 heavy (non-hydrogen) atoms. The Morgan fingerprint density at radius 2 is 1.95 bits per heavy atom. The van der Waals surface area contributed by atoms with E-state index in [-0.39, 0.29) is 23.9 Å². The number of aromatic carboxylic acids is 1. The van der Waals surface area contributed by atoms with Gasteiger partial charge in [-0.15, -0.1) is 0 Å². The Bertz CT molecular complexity index is 697. The number of piperidine rings is 1. The Hall–Kier alpha value is -2.08. The molecule has 2 aromatic rings. The molecule has 0 amide bonds. The van der Waals surface area contributed by atoms with Gasteiger partial charge >= 0.3 is 5.97 Å². The van der Waals surface area contributed by atoms with Gasteiger partial charge in [-0.25, -0.2) is 9.78 Å². The molecule has 2 bridgehead atoms. The van der Waals surface area contributed by atoms with Gasteiger partial charge in [-0.3, -0.25) is 4.40 Å². The molecule has 0 saturated carbocycles. The van der Waals surface area contributed by atoms with Crippen LogP contribution in [-0.4, -0.2) is 43.8 Å². The van der Waals surface area contributed by atoms with Gasteiger partial charge in [0.1, 0.15) is 5.65 Å². The molecule has 110 valence electrons. The van der Waals surface area contributed by atoms with Gasteiger partial charge in [0.2, 0.25) is 0 Å². The van der Waals surface area contributed by atoms with E-state index in [0.717, 1.165) is 12.8 Å². The first-order valence-electron chi connectivity index (χ1n) is 7.32. The summed E-state index contributed by atoms with van der Waals surface area (Å²) in [7, 11) is 0. The van der Waals surface area contributed by atoms with Crippen LogP contribution in [0.1, 0.15) is 36.2 Å². The van der Waals surface area contributed by atoms with Crippen LogP contribution in [0.25, 0.3) is 5.65 Å². The number of aliphatic hydroxyl groups is 1. The Morgan fingerprint density at radius 1 is 1.24 bits per heavy atom. The summed E-state index contributed by atoms with van der Waals surface area (Å²) in [5.41, 5.74) is 0.870. The highest BCUT2D eigenvalue weighted by molar-refractivity contribution is 5.93. The number of carboxylic acid groups (broad SMARTS) is 1. The third-order valence-corrected chi connectivity index (χ3v) is 4.67. The van der Waals surface area contributed by atoms with Gasteiger partial charge in [-0.2, -0.15) is 0 Å². The van der Waals surface area contributed by atoms with Crippen molar-refractivity contribution >= 4 is 17.4 Å². The maximum Gasteiger partial charge on any atom is 0.356 e. The van der Waals surface area contributed by atoms with Crippen molar-refractivity contribution in [3.63, 3.8) is 0 Å². The van der Waals surface area contributed by atoms with Crippen LogP contribution in [0.4, 0.5) is 5.82 Å². The number of carbonyl (C=O) groups is 1. The van der Waals surface area contributed by atoms with Gasteiger partial charge in [0.25, 0.3) is 0 Å². The average Bonchev–Trinajstić information content (AvgIpc) is 2.94. The van der Waals surface area contributed by atoms with Crippen LogP contribution in [0.2, 0.25) is 0 Å². The molecule has 2 saturated heterocycles. The van der Waals surface area contributed by atoms with Crippen molar-refractivity contribution in [2.24, 2.45) is 0 Å². The normalized spacial score (nSPS) is 28.2. The standard InChI is InChI=1S/C15H17N3O3/c19-11-7-9-4-5-10(8-11)18(9)14-13(15(20)21)17-6-2-1-3-12(17)16-14/h1-3,6,9-11,19H,4-5,7-8H2,(H,20,21). The van der Waals surface area contributed by atoms with Crippen LogP contribution in [0, 0.1) is 0 Å². The monoisotopic (exact) mass is 287 g/mol. The second kappa shape index (κ2) is 4.46. The minimum atomic E-state index is -0.964. The molecule has 2 N–H and O–H groups in total. The molecule has 2 atom stereocenters. The third kappa shape index (κ3) is 1.82. The molecule has 2 fully saturated rings. The molecule has 2 aliphatic heterocycles. The minimum Gasteiger partial charge on any atom is -0.476 e.